The summed E-state index contributed by atoms with van der Waals surface area (Å²) in [5, 5.41) is 9.46. The summed E-state index contributed by atoms with van der Waals surface area (Å²) in [6.07, 6.45) is 2.17. The van der Waals surface area contributed by atoms with Gasteiger partial charge in [-0.3, -0.25) is 0 Å². The van der Waals surface area contributed by atoms with Crippen molar-refractivity contribution in [2.24, 2.45) is 5.92 Å². The molecule has 1 saturated heterocycles. The molecule has 5 rings (SSSR count). The third kappa shape index (κ3) is 9.98. The lowest BCUT2D eigenvalue weighted by atomic mass is 9.74. The summed E-state index contributed by atoms with van der Waals surface area (Å²) in [4.78, 5) is 11.7. The van der Waals surface area contributed by atoms with Gasteiger partial charge in [-0.05, 0) is 80.4 Å². The number of carboxylic acids is 1. The number of para-hydroxylation sites is 2. The highest BCUT2D eigenvalue weighted by molar-refractivity contribution is 7.89. The molecule has 282 valence electrons. The number of ether oxygens (including phenoxy) is 5. The number of aliphatic carboxylic acids is 1. The zero-order valence-electron chi connectivity index (χ0n) is 30.8. The SMILES string of the molecule is C=C(C)[C@@H]1C[C@@H](c2cc(S(=O)(=O)N(C)CCOc3ccccc3)ccc2OC)[C@@H](CCCC)O[C@H]1c1cc(Oc2ccccc2)ccc1OCC(=O)O. The third-order valence-corrected chi connectivity index (χ3v) is 11.3. The fourth-order valence-electron chi connectivity index (χ4n) is 6.66. The predicted molar refractivity (Wildman–Crippen MR) is 204 cm³/mol. The normalized spacial score (nSPS) is 18.7. The fraction of sp³-hybridized carbons (Fsp3) is 0.357. The lowest BCUT2D eigenvalue weighted by Gasteiger charge is -2.43. The van der Waals surface area contributed by atoms with E-state index in [-0.39, 0.29) is 36.0 Å². The van der Waals surface area contributed by atoms with Crippen LogP contribution in [0.25, 0.3) is 0 Å². The van der Waals surface area contributed by atoms with E-state index in [2.05, 4.69) is 13.5 Å². The van der Waals surface area contributed by atoms with E-state index in [1.54, 1.807) is 44.5 Å². The summed E-state index contributed by atoms with van der Waals surface area (Å²) in [5.74, 6) is 1.21. The number of nitrogens with zero attached hydrogens (tertiary/aromatic N) is 1. The van der Waals surface area contributed by atoms with E-state index < -0.39 is 28.7 Å². The van der Waals surface area contributed by atoms with Gasteiger partial charge in [0.05, 0.1) is 24.2 Å². The number of unbranched alkanes of at least 4 members (excludes halogenated alkanes) is 1. The van der Waals surface area contributed by atoms with Crippen LogP contribution >= 0.6 is 0 Å². The molecule has 1 heterocycles. The molecule has 0 unspecified atom stereocenters. The Labute approximate surface area is 313 Å². The quantitative estimate of drug-likeness (QED) is 0.0999. The molecule has 0 aliphatic carbocycles. The zero-order valence-corrected chi connectivity index (χ0v) is 31.6. The van der Waals surface area contributed by atoms with Gasteiger partial charge in [0.1, 0.15) is 35.4 Å². The van der Waals surface area contributed by atoms with Gasteiger partial charge in [-0.2, -0.15) is 4.31 Å². The van der Waals surface area contributed by atoms with Crippen LogP contribution in [0.15, 0.2) is 114 Å². The van der Waals surface area contributed by atoms with Gasteiger partial charge in [0.15, 0.2) is 6.61 Å². The van der Waals surface area contributed by atoms with Crippen LogP contribution in [-0.2, 0) is 19.6 Å². The maximum atomic E-state index is 13.9. The first-order chi connectivity index (χ1) is 25.5. The fourth-order valence-corrected chi connectivity index (χ4v) is 7.85. The summed E-state index contributed by atoms with van der Waals surface area (Å²) in [6.45, 7) is 8.22. The zero-order chi connectivity index (χ0) is 38.0. The van der Waals surface area contributed by atoms with Crippen LogP contribution in [0.5, 0.6) is 28.7 Å². The Morgan fingerprint density at radius 3 is 2.23 bits per heavy atom. The van der Waals surface area contributed by atoms with Crippen molar-refractivity contribution >= 4 is 16.0 Å². The van der Waals surface area contributed by atoms with Gasteiger partial charge in [-0.1, -0.05) is 68.3 Å². The molecule has 0 saturated carbocycles. The number of carboxylic acid groups (broad SMARTS) is 1. The smallest absolute Gasteiger partial charge is 0.341 e. The average Bonchev–Trinajstić information content (AvgIpc) is 3.16. The van der Waals surface area contributed by atoms with E-state index in [0.29, 0.717) is 47.2 Å². The minimum atomic E-state index is -3.89. The van der Waals surface area contributed by atoms with Crippen LogP contribution < -0.4 is 18.9 Å². The van der Waals surface area contributed by atoms with Gasteiger partial charge in [0, 0.05) is 36.6 Å². The van der Waals surface area contributed by atoms with E-state index in [4.69, 9.17) is 23.7 Å². The first-order valence-electron chi connectivity index (χ1n) is 17.9. The second-order valence-electron chi connectivity index (χ2n) is 13.2. The molecule has 0 bridgehead atoms. The van der Waals surface area contributed by atoms with Crippen molar-refractivity contribution in [2.45, 2.75) is 62.6 Å². The Bertz CT molecular complexity index is 1930. The van der Waals surface area contributed by atoms with Crippen molar-refractivity contribution in [3.8, 4) is 28.7 Å². The van der Waals surface area contributed by atoms with Crippen LogP contribution in [0.4, 0.5) is 0 Å². The Kier molecular flexibility index (Phi) is 13.6. The van der Waals surface area contributed by atoms with E-state index in [1.165, 1.54) is 4.31 Å². The molecule has 11 heteroatoms. The largest absolute Gasteiger partial charge is 0.496 e. The summed E-state index contributed by atoms with van der Waals surface area (Å²) in [7, 11) is -0.764. The number of rotatable bonds is 18. The molecule has 4 atom stereocenters. The number of likely N-dealkylation sites (N-methyl/N-ethyl adjacent to an activating group) is 1. The van der Waals surface area contributed by atoms with Crippen molar-refractivity contribution in [1.29, 1.82) is 0 Å². The molecule has 0 amide bonds. The molecule has 10 nitrogen and oxygen atoms in total. The molecule has 53 heavy (non-hydrogen) atoms. The molecule has 0 spiro atoms. The molecular weight excluding hydrogens is 695 g/mol. The molecule has 1 aliphatic heterocycles. The Hall–Kier alpha value is -4.84. The van der Waals surface area contributed by atoms with Crippen molar-refractivity contribution in [2.75, 3.05) is 33.9 Å². The van der Waals surface area contributed by atoms with Crippen LogP contribution in [0, 0.1) is 5.92 Å². The first-order valence-corrected chi connectivity index (χ1v) is 19.3. The Morgan fingerprint density at radius 1 is 0.906 bits per heavy atom. The minimum absolute atomic E-state index is 0.147. The van der Waals surface area contributed by atoms with Crippen LogP contribution in [0.3, 0.4) is 0 Å². The lowest BCUT2D eigenvalue weighted by Crippen LogP contribution is -2.37. The molecular formula is C42H49NO9S. The van der Waals surface area contributed by atoms with E-state index in [1.807, 2.05) is 73.7 Å². The number of carbonyl (C=O) groups is 1. The number of methoxy groups -OCH3 is 1. The highest BCUT2D eigenvalue weighted by atomic mass is 32.2. The monoisotopic (exact) mass is 743 g/mol. The summed E-state index contributed by atoms with van der Waals surface area (Å²) < 4.78 is 59.8. The van der Waals surface area contributed by atoms with Gasteiger partial charge >= 0.3 is 5.97 Å². The Balaban J connectivity index is 1.49. The van der Waals surface area contributed by atoms with Crippen molar-refractivity contribution in [3.05, 3.63) is 120 Å². The number of sulfonamides is 1. The van der Waals surface area contributed by atoms with E-state index >= 15 is 0 Å². The van der Waals surface area contributed by atoms with Gasteiger partial charge in [0.2, 0.25) is 10.0 Å². The van der Waals surface area contributed by atoms with E-state index in [0.717, 1.165) is 24.0 Å². The summed E-state index contributed by atoms with van der Waals surface area (Å²) >= 11 is 0. The maximum absolute atomic E-state index is 13.9. The average molecular weight is 744 g/mol. The summed E-state index contributed by atoms with van der Waals surface area (Å²) in [5.41, 5.74) is 2.24. The van der Waals surface area contributed by atoms with Gasteiger partial charge in [-0.25, -0.2) is 13.2 Å². The molecule has 1 N–H and O–H groups in total. The predicted octanol–water partition coefficient (Wildman–Crippen LogP) is 8.65. The third-order valence-electron chi connectivity index (χ3n) is 9.46. The molecule has 4 aromatic carbocycles. The standard InChI is InChI=1S/C42H49NO9S/c1-6-7-18-40-36(35-26-33(20-22-38(35)48-5)53(46,47)43(4)23-24-49-30-14-10-8-11-15-30)27-34(29(2)3)42(52-40)37-25-32(51-31-16-12-9-13-17-31)19-21-39(37)50-28-41(44)45/h8-17,19-22,25-26,34,36,40,42H,2,6-7,18,23-24,27-28H2,1,3-5H3,(H,44,45)/t34-,36-,40+,42+/m0/s1. The van der Waals surface area contributed by atoms with Gasteiger partial charge in [-0.15, -0.1) is 0 Å². The highest BCUT2D eigenvalue weighted by Gasteiger charge is 2.42. The minimum Gasteiger partial charge on any atom is -0.496 e. The topological polar surface area (TPSA) is 121 Å². The number of hydrogen-bond donors (Lipinski definition) is 1. The van der Waals surface area contributed by atoms with Gasteiger partial charge in [0.25, 0.3) is 0 Å². The summed E-state index contributed by atoms with van der Waals surface area (Å²) in [6, 6.07) is 28.9. The second-order valence-corrected chi connectivity index (χ2v) is 15.3. The van der Waals surface area contributed by atoms with Crippen LogP contribution in [-0.4, -0.2) is 63.8 Å². The maximum Gasteiger partial charge on any atom is 0.341 e. The van der Waals surface area contributed by atoms with Crippen molar-refractivity contribution < 1.29 is 42.0 Å². The molecule has 0 radical (unpaired) electrons. The molecule has 0 aromatic heterocycles. The Morgan fingerprint density at radius 2 is 1.58 bits per heavy atom. The highest BCUT2D eigenvalue weighted by Crippen LogP contribution is 2.51. The van der Waals surface area contributed by atoms with Crippen LogP contribution in [0.1, 0.15) is 62.7 Å². The lowest BCUT2D eigenvalue weighted by molar-refractivity contribution is -0.139. The van der Waals surface area contributed by atoms with Crippen molar-refractivity contribution in [3.63, 3.8) is 0 Å². The molecule has 1 aliphatic rings. The first kappa shape index (κ1) is 39.4. The number of hydrogen-bond acceptors (Lipinski definition) is 8. The molecule has 4 aromatic rings. The van der Waals surface area contributed by atoms with Crippen LogP contribution in [0.2, 0.25) is 0 Å². The second kappa shape index (κ2) is 18.3. The van der Waals surface area contributed by atoms with Crippen molar-refractivity contribution in [1.82, 2.24) is 4.31 Å². The number of benzene rings is 4. The van der Waals surface area contributed by atoms with Gasteiger partial charge < -0.3 is 28.8 Å². The molecule has 1 fully saturated rings. The van der Waals surface area contributed by atoms with E-state index in [9.17, 15) is 18.3 Å².